The Balaban J connectivity index is 2.17. The van der Waals surface area contributed by atoms with E-state index in [0.29, 0.717) is 10.9 Å². The van der Waals surface area contributed by atoms with Gasteiger partial charge in [0.15, 0.2) is 0 Å². The van der Waals surface area contributed by atoms with E-state index in [4.69, 9.17) is 5.73 Å². The Bertz CT molecular complexity index is 599. The van der Waals surface area contributed by atoms with E-state index in [9.17, 15) is 4.39 Å². The number of nitrogens with zero attached hydrogens (tertiary/aromatic N) is 1. The molecule has 0 aliphatic rings. The molecule has 0 fully saturated rings. The van der Waals surface area contributed by atoms with Crippen LogP contribution in [0.25, 0.3) is 0 Å². The topological polar surface area (TPSA) is 29.3 Å². The zero-order valence-electron chi connectivity index (χ0n) is 11.6. The van der Waals surface area contributed by atoms with Crippen LogP contribution in [-0.2, 0) is 6.42 Å². The molecule has 0 saturated carbocycles. The summed E-state index contributed by atoms with van der Waals surface area (Å²) in [5, 5.41) is 0. The minimum Gasteiger partial charge on any atom is -0.378 e. The number of rotatable bonds is 4. The summed E-state index contributed by atoms with van der Waals surface area (Å²) in [6.07, 6.45) is 0.676. The van der Waals surface area contributed by atoms with Crippen LogP contribution >= 0.6 is 15.9 Å². The van der Waals surface area contributed by atoms with Crippen molar-refractivity contribution in [1.29, 1.82) is 0 Å². The van der Waals surface area contributed by atoms with Gasteiger partial charge in [-0.1, -0.05) is 18.2 Å². The van der Waals surface area contributed by atoms with E-state index in [1.807, 2.05) is 37.2 Å². The summed E-state index contributed by atoms with van der Waals surface area (Å²) >= 11 is 3.20. The van der Waals surface area contributed by atoms with Crippen LogP contribution in [0.3, 0.4) is 0 Å². The summed E-state index contributed by atoms with van der Waals surface area (Å²) in [4.78, 5) is 2.05. The monoisotopic (exact) mass is 336 g/mol. The molecule has 0 spiro atoms. The molecular formula is C16H18BrFN2. The lowest BCUT2D eigenvalue weighted by atomic mass is 9.99. The fraction of sp³-hybridized carbons (Fsp3) is 0.250. The van der Waals surface area contributed by atoms with Crippen molar-refractivity contribution in [3.63, 3.8) is 0 Å². The van der Waals surface area contributed by atoms with E-state index in [2.05, 4.69) is 22.0 Å². The van der Waals surface area contributed by atoms with Crippen molar-refractivity contribution in [2.24, 2.45) is 5.73 Å². The lowest BCUT2D eigenvalue weighted by molar-refractivity contribution is 0.618. The van der Waals surface area contributed by atoms with Gasteiger partial charge in [0.25, 0.3) is 0 Å². The molecule has 0 saturated heterocycles. The van der Waals surface area contributed by atoms with E-state index >= 15 is 0 Å². The molecule has 20 heavy (non-hydrogen) atoms. The van der Waals surface area contributed by atoms with E-state index in [1.165, 1.54) is 6.07 Å². The maximum absolute atomic E-state index is 13.2. The lowest BCUT2D eigenvalue weighted by Crippen LogP contribution is -2.15. The molecule has 2 rings (SSSR count). The number of nitrogens with two attached hydrogens (primary N) is 1. The Hall–Kier alpha value is -1.39. The summed E-state index contributed by atoms with van der Waals surface area (Å²) in [5.74, 6) is -0.253. The molecule has 0 heterocycles. The summed E-state index contributed by atoms with van der Waals surface area (Å²) in [5.41, 5.74) is 9.48. The van der Waals surface area contributed by atoms with Gasteiger partial charge >= 0.3 is 0 Å². The van der Waals surface area contributed by atoms with Crippen molar-refractivity contribution in [1.82, 2.24) is 0 Å². The number of benzene rings is 2. The van der Waals surface area contributed by atoms with E-state index < -0.39 is 0 Å². The van der Waals surface area contributed by atoms with Crippen molar-refractivity contribution < 1.29 is 4.39 Å². The maximum atomic E-state index is 13.2. The SMILES string of the molecule is CN(C)c1cccc(C(N)Cc2ccc(F)c(Br)c2)c1. The predicted octanol–water partition coefficient (Wildman–Crippen LogP) is 3.90. The van der Waals surface area contributed by atoms with Gasteiger partial charge in [-0.2, -0.15) is 0 Å². The molecule has 1 atom stereocenters. The average molecular weight is 337 g/mol. The molecule has 0 amide bonds. The smallest absolute Gasteiger partial charge is 0.137 e. The molecule has 2 nitrogen and oxygen atoms in total. The lowest BCUT2D eigenvalue weighted by Gasteiger charge is -2.17. The third kappa shape index (κ3) is 3.58. The van der Waals surface area contributed by atoms with Crippen molar-refractivity contribution in [3.8, 4) is 0 Å². The molecule has 0 radical (unpaired) electrons. The number of anilines is 1. The van der Waals surface area contributed by atoms with Gasteiger partial charge in [-0.05, 0) is 57.7 Å². The van der Waals surface area contributed by atoms with Gasteiger partial charge < -0.3 is 10.6 Å². The predicted molar refractivity (Wildman–Crippen MR) is 85.5 cm³/mol. The molecular weight excluding hydrogens is 319 g/mol. The van der Waals surface area contributed by atoms with Gasteiger partial charge in [0.1, 0.15) is 5.82 Å². The quantitative estimate of drug-likeness (QED) is 0.917. The normalized spacial score (nSPS) is 12.2. The average Bonchev–Trinajstić information content (AvgIpc) is 2.43. The Morgan fingerprint density at radius 2 is 1.95 bits per heavy atom. The van der Waals surface area contributed by atoms with Gasteiger partial charge in [-0.25, -0.2) is 4.39 Å². The molecule has 2 aromatic carbocycles. The highest BCUT2D eigenvalue weighted by Gasteiger charge is 2.10. The van der Waals surface area contributed by atoms with E-state index in [0.717, 1.165) is 16.8 Å². The Morgan fingerprint density at radius 1 is 1.20 bits per heavy atom. The van der Waals surface area contributed by atoms with Gasteiger partial charge in [0.05, 0.1) is 4.47 Å². The van der Waals surface area contributed by atoms with Crippen LogP contribution in [0.5, 0.6) is 0 Å². The minimum absolute atomic E-state index is 0.104. The first-order valence-electron chi connectivity index (χ1n) is 6.44. The molecule has 0 bridgehead atoms. The van der Waals surface area contributed by atoms with Crippen LogP contribution in [0, 0.1) is 5.82 Å². The summed E-state index contributed by atoms with van der Waals surface area (Å²) < 4.78 is 13.7. The minimum atomic E-state index is -0.253. The third-order valence-electron chi connectivity index (χ3n) is 3.25. The first-order valence-corrected chi connectivity index (χ1v) is 7.23. The van der Waals surface area contributed by atoms with Crippen molar-refractivity contribution in [2.75, 3.05) is 19.0 Å². The fourth-order valence-electron chi connectivity index (χ4n) is 2.07. The summed E-state index contributed by atoms with van der Waals surface area (Å²) in [6, 6.07) is 13.1. The zero-order chi connectivity index (χ0) is 14.7. The van der Waals surface area contributed by atoms with Crippen LogP contribution in [0.2, 0.25) is 0 Å². The van der Waals surface area contributed by atoms with Crippen LogP contribution in [0.15, 0.2) is 46.9 Å². The number of halogens is 2. The Labute approximate surface area is 127 Å². The second-order valence-corrected chi connectivity index (χ2v) is 5.90. The first kappa shape index (κ1) is 15.0. The highest BCUT2D eigenvalue weighted by molar-refractivity contribution is 9.10. The summed E-state index contributed by atoms with van der Waals surface area (Å²) in [6.45, 7) is 0. The molecule has 1 unspecified atom stereocenters. The molecule has 106 valence electrons. The van der Waals surface area contributed by atoms with Gasteiger partial charge in [-0.15, -0.1) is 0 Å². The highest BCUT2D eigenvalue weighted by Crippen LogP contribution is 2.23. The zero-order valence-corrected chi connectivity index (χ0v) is 13.2. The molecule has 0 aliphatic heterocycles. The van der Waals surface area contributed by atoms with Gasteiger partial charge in [0.2, 0.25) is 0 Å². The Morgan fingerprint density at radius 3 is 2.60 bits per heavy atom. The summed E-state index contributed by atoms with van der Waals surface area (Å²) in [7, 11) is 4.00. The third-order valence-corrected chi connectivity index (χ3v) is 3.86. The highest BCUT2D eigenvalue weighted by atomic mass is 79.9. The van der Waals surface area contributed by atoms with Crippen LogP contribution in [0.1, 0.15) is 17.2 Å². The van der Waals surface area contributed by atoms with Gasteiger partial charge in [0, 0.05) is 25.8 Å². The van der Waals surface area contributed by atoms with E-state index in [1.54, 1.807) is 12.1 Å². The van der Waals surface area contributed by atoms with Crippen LogP contribution in [0.4, 0.5) is 10.1 Å². The first-order chi connectivity index (χ1) is 9.47. The van der Waals surface area contributed by atoms with Crippen molar-refractivity contribution in [3.05, 3.63) is 63.9 Å². The second kappa shape index (κ2) is 6.37. The number of hydrogen-bond donors (Lipinski definition) is 1. The molecule has 4 heteroatoms. The number of hydrogen-bond acceptors (Lipinski definition) is 2. The molecule has 2 N–H and O–H groups in total. The van der Waals surface area contributed by atoms with Gasteiger partial charge in [-0.3, -0.25) is 0 Å². The Kier molecular flexibility index (Phi) is 4.78. The molecule has 0 aromatic heterocycles. The van der Waals surface area contributed by atoms with Crippen molar-refractivity contribution >= 4 is 21.6 Å². The van der Waals surface area contributed by atoms with Crippen LogP contribution in [-0.4, -0.2) is 14.1 Å². The maximum Gasteiger partial charge on any atom is 0.137 e. The molecule has 0 aliphatic carbocycles. The largest absolute Gasteiger partial charge is 0.378 e. The van der Waals surface area contributed by atoms with E-state index in [-0.39, 0.29) is 11.9 Å². The van der Waals surface area contributed by atoms with Crippen molar-refractivity contribution in [2.45, 2.75) is 12.5 Å². The standard InChI is InChI=1S/C16H18BrFN2/c1-20(2)13-5-3-4-12(10-13)16(19)9-11-6-7-15(18)14(17)8-11/h3-8,10,16H,9,19H2,1-2H3. The molecule has 2 aromatic rings. The second-order valence-electron chi connectivity index (χ2n) is 5.05. The van der Waals surface area contributed by atoms with Crippen LogP contribution < -0.4 is 10.6 Å². The fourth-order valence-corrected chi connectivity index (χ4v) is 2.50.